The number of nitrogens with zero attached hydrogens (tertiary/aromatic N) is 2. The number of fused-ring (bicyclic) bond motifs is 1. The highest BCUT2D eigenvalue weighted by Crippen LogP contribution is 2.46. The minimum atomic E-state index is -0.539. The van der Waals surface area contributed by atoms with Crippen molar-refractivity contribution in [1.29, 1.82) is 0 Å². The number of halogens is 1. The Balaban J connectivity index is 1.85. The second kappa shape index (κ2) is 5.91. The highest BCUT2D eigenvalue weighted by atomic mass is 35.5. The van der Waals surface area contributed by atoms with Gasteiger partial charge in [0.1, 0.15) is 10.3 Å². The lowest BCUT2D eigenvalue weighted by atomic mass is 9.99. The van der Waals surface area contributed by atoms with E-state index in [9.17, 15) is 4.79 Å². The maximum atomic E-state index is 11.7. The van der Waals surface area contributed by atoms with Gasteiger partial charge in [-0.05, 0) is 25.0 Å². The first-order valence-corrected chi connectivity index (χ1v) is 8.94. The molecule has 1 aromatic carbocycles. The second-order valence-electron chi connectivity index (χ2n) is 6.01. The van der Waals surface area contributed by atoms with Gasteiger partial charge in [-0.25, -0.2) is 9.97 Å². The summed E-state index contributed by atoms with van der Waals surface area (Å²) in [7, 11) is 0. The molecular weight excluding hydrogens is 346 g/mol. The molecule has 0 spiro atoms. The summed E-state index contributed by atoms with van der Waals surface area (Å²) in [6.45, 7) is 0. The first-order chi connectivity index (χ1) is 11.5. The standard InChI is InChI=1S/C16H16ClN5OS/c17-8-3-1-2-7(6-8)12-10-11(18)13(14(19)23)24-15(10)22-16(21-12)20-9-4-5-9/h1-3,6,9,11,13H,4-5,18H2,(H2,19,23)(H,20,21,22). The Kier molecular flexibility index (Phi) is 3.86. The lowest BCUT2D eigenvalue weighted by Crippen LogP contribution is -2.33. The number of hydrogen-bond donors (Lipinski definition) is 3. The highest BCUT2D eigenvalue weighted by Gasteiger charge is 2.39. The zero-order chi connectivity index (χ0) is 16.8. The minimum absolute atomic E-state index is 0.419. The van der Waals surface area contributed by atoms with Crippen LogP contribution in [-0.2, 0) is 4.79 Å². The summed E-state index contributed by atoms with van der Waals surface area (Å²) in [5.41, 5.74) is 14.1. The predicted molar refractivity (Wildman–Crippen MR) is 94.9 cm³/mol. The quantitative estimate of drug-likeness (QED) is 0.721. The van der Waals surface area contributed by atoms with E-state index in [0.717, 1.165) is 24.0 Å². The van der Waals surface area contributed by atoms with Gasteiger partial charge in [0.05, 0.1) is 11.7 Å². The molecule has 1 saturated carbocycles. The van der Waals surface area contributed by atoms with E-state index in [1.807, 2.05) is 18.2 Å². The number of carbonyl (C=O) groups is 1. The summed E-state index contributed by atoms with van der Waals surface area (Å²) in [6, 6.07) is 7.30. The number of nitrogens with one attached hydrogen (secondary N) is 1. The van der Waals surface area contributed by atoms with Crippen LogP contribution < -0.4 is 16.8 Å². The molecule has 1 aromatic heterocycles. The van der Waals surface area contributed by atoms with E-state index in [0.29, 0.717) is 27.7 Å². The van der Waals surface area contributed by atoms with Crippen molar-refractivity contribution in [1.82, 2.24) is 9.97 Å². The molecule has 0 radical (unpaired) electrons. The second-order valence-corrected chi connectivity index (χ2v) is 7.58. The number of hydrogen-bond acceptors (Lipinski definition) is 6. The van der Waals surface area contributed by atoms with Crippen LogP contribution in [0.3, 0.4) is 0 Å². The monoisotopic (exact) mass is 361 g/mol. The largest absolute Gasteiger partial charge is 0.369 e. The number of aromatic nitrogens is 2. The van der Waals surface area contributed by atoms with Crippen LogP contribution in [0.4, 0.5) is 5.95 Å². The number of benzene rings is 1. The van der Waals surface area contributed by atoms with Crippen molar-refractivity contribution in [3.05, 3.63) is 34.9 Å². The van der Waals surface area contributed by atoms with Gasteiger partial charge in [0, 0.05) is 22.2 Å². The summed E-state index contributed by atoms with van der Waals surface area (Å²) >= 11 is 7.43. The fourth-order valence-electron chi connectivity index (χ4n) is 2.75. The molecule has 5 N–H and O–H groups in total. The van der Waals surface area contributed by atoms with Crippen molar-refractivity contribution in [2.24, 2.45) is 11.5 Å². The third-order valence-electron chi connectivity index (χ3n) is 4.10. The van der Waals surface area contributed by atoms with E-state index >= 15 is 0 Å². The third-order valence-corrected chi connectivity index (χ3v) is 5.65. The summed E-state index contributed by atoms with van der Waals surface area (Å²) in [4.78, 5) is 20.9. The average Bonchev–Trinajstić information content (AvgIpc) is 3.28. The Morgan fingerprint density at radius 1 is 1.33 bits per heavy atom. The fourth-order valence-corrected chi connectivity index (χ4v) is 4.08. The van der Waals surface area contributed by atoms with Crippen LogP contribution in [0.25, 0.3) is 11.3 Å². The van der Waals surface area contributed by atoms with E-state index in [4.69, 9.17) is 23.1 Å². The molecular formula is C16H16ClN5OS. The Morgan fingerprint density at radius 3 is 2.79 bits per heavy atom. The maximum Gasteiger partial charge on any atom is 0.232 e. The number of primary amides is 1. The van der Waals surface area contributed by atoms with E-state index in [-0.39, 0.29) is 0 Å². The molecule has 1 amide bonds. The van der Waals surface area contributed by atoms with Gasteiger partial charge in [0.25, 0.3) is 0 Å². The topological polar surface area (TPSA) is 107 Å². The summed E-state index contributed by atoms with van der Waals surface area (Å²) in [6.07, 6.45) is 2.23. The smallest absolute Gasteiger partial charge is 0.232 e. The van der Waals surface area contributed by atoms with Crippen molar-refractivity contribution in [3.8, 4) is 11.3 Å². The molecule has 4 rings (SSSR count). The summed E-state index contributed by atoms with van der Waals surface area (Å²) < 4.78 is 0. The van der Waals surface area contributed by atoms with Crippen LogP contribution in [0.15, 0.2) is 29.3 Å². The van der Waals surface area contributed by atoms with E-state index in [1.165, 1.54) is 11.8 Å². The van der Waals surface area contributed by atoms with Crippen LogP contribution >= 0.6 is 23.4 Å². The lowest BCUT2D eigenvalue weighted by Gasteiger charge is -2.14. The Bertz CT molecular complexity index is 826. The van der Waals surface area contributed by atoms with E-state index < -0.39 is 17.2 Å². The molecule has 2 aromatic rings. The van der Waals surface area contributed by atoms with Crippen LogP contribution in [0.5, 0.6) is 0 Å². The number of anilines is 1. The van der Waals surface area contributed by atoms with Crippen molar-refractivity contribution >= 4 is 35.2 Å². The molecule has 6 nitrogen and oxygen atoms in total. The van der Waals surface area contributed by atoms with Gasteiger partial charge in [-0.1, -0.05) is 35.5 Å². The SMILES string of the molecule is NC(=O)C1Sc2nc(NC3CC3)nc(-c3cccc(Cl)c3)c2C1N. The maximum absolute atomic E-state index is 11.7. The van der Waals surface area contributed by atoms with Crippen LogP contribution in [0, 0.1) is 0 Å². The first kappa shape index (κ1) is 15.7. The average molecular weight is 362 g/mol. The van der Waals surface area contributed by atoms with Crippen LogP contribution in [-0.4, -0.2) is 27.2 Å². The molecule has 24 heavy (non-hydrogen) atoms. The molecule has 124 valence electrons. The zero-order valence-electron chi connectivity index (χ0n) is 12.7. The Morgan fingerprint density at radius 2 is 2.12 bits per heavy atom. The normalized spacial score (nSPS) is 22.2. The number of thioether (sulfide) groups is 1. The van der Waals surface area contributed by atoms with Crippen molar-refractivity contribution in [3.63, 3.8) is 0 Å². The first-order valence-electron chi connectivity index (χ1n) is 7.69. The zero-order valence-corrected chi connectivity index (χ0v) is 14.3. The molecule has 0 saturated heterocycles. The van der Waals surface area contributed by atoms with Crippen LogP contribution in [0.1, 0.15) is 24.4 Å². The molecule has 2 atom stereocenters. The number of nitrogens with two attached hydrogens (primary N) is 2. The summed E-state index contributed by atoms with van der Waals surface area (Å²) in [5.74, 6) is 0.107. The van der Waals surface area contributed by atoms with Crippen LogP contribution in [0.2, 0.25) is 5.02 Å². The van der Waals surface area contributed by atoms with Gasteiger partial charge in [0.15, 0.2) is 0 Å². The highest BCUT2D eigenvalue weighted by molar-refractivity contribution is 8.01. The van der Waals surface area contributed by atoms with Gasteiger partial charge in [-0.2, -0.15) is 0 Å². The van der Waals surface area contributed by atoms with Gasteiger partial charge in [-0.15, -0.1) is 0 Å². The van der Waals surface area contributed by atoms with Gasteiger partial charge >= 0.3 is 0 Å². The minimum Gasteiger partial charge on any atom is -0.369 e. The van der Waals surface area contributed by atoms with Gasteiger partial charge < -0.3 is 16.8 Å². The lowest BCUT2D eigenvalue weighted by molar-refractivity contribution is -0.117. The number of rotatable bonds is 4. The Labute approximate surface area is 148 Å². The van der Waals surface area contributed by atoms with Crippen molar-refractivity contribution in [2.45, 2.75) is 35.2 Å². The van der Waals surface area contributed by atoms with Gasteiger partial charge in [0.2, 0.25) is 11.9 Å². The molecule has 0 bridgehead atoms. The molecule has 1 fully saturated rings. The number of carbonyl (C=O) groups excluding carboxylic acids is 1. The molecule has 1 aliphatic heterocycles. The van der Waals surface area contributed by atoms with Gasteiger partial charge in [-0.3, -0.25) is 4.79 Å². The molecule has 1 aliphatic carbocycles. The molecule has 2 heterocycles. The Hall–Kier alpha value is -1.83. The molecule has 8 heteroatoms. The predicted octanol–water partition coefficient (Wildman–Crippen LogP) is 2.33. The van der Waals surface area contributed by atoms with E-state index in [1.54, 1.807) is 6.07 Å². The van der Waals surface area contributed by atoms with Crippen molar-refractivity contribution in [2.75, 3.05) is 5.32 Å². The third kappa shape index (κ3) is 2.83. The molecule has 2 aliphatic rings. The number of amides is 1. The molecule has 2 unspecified atom stereocenters. The van der Waals surface area contributed by atoms with Crippen molar-refractivity contribution < 1.29 is 4.79 Å². The summed E-state index contributed by atoms with van der Waals surface area (Å²) in [5, 5.41) is 4.09. The fraction of sp³-hybridized carbons (Fsp3) is 0.312. The van der Waals surface area contributed by atoms with E-state index in [2.05, 4.69) is 15.3 Å².